The quantitative estimate of drug-likeness (QED) is 0.545. The second-order valence-electron chi connectivity index (χ2n) is 5.28. The Morgan fingerprint density at radius 3 is 1.36 bits per heavy atom. The second-order valence-corrected chi connectivity index (χ2v) is 5.28. The lowest BCUT2D eigenvalue weighted by atomic mass is 10.2. The molecule has 0 amide bonds. The third-order valence-electron chi connectivity index (χ3n) is 3.61. The number of rotatable bonds is 8. The lowest BCUT2D eigenvalue weighted by molar-refractivity contribution is 0.702. The molecular formula is C18H26N4. The molecule has 0 aliphatic carbocycles. The topological polar surface area (TPSA) is 48.1 Å². The predicted octanol–water partition coefficient (Wildman–Crippen LogP) is 4.42. The molecular weight excluding hydrogens is 272 g/mol. The third-order valence-corrected chi connectivity index (χ3v) is 3.61. The molecule has 4 heteroatoms. The first-order valence-corrected chi connectivity index (χ1v) is 7.84. The molecule has 22 heavy (non-hydrogen) atoms. The van der Waals surface area contributed by atoms with E-state index in [1.54, 1.807) is 0 Å². The Kier molecular flexibility index (Phi) is 5.95. The molecule has 2 rings (SSSR count). The van der Waals surface area contributed by atoms with Crippen LogP contribution < -0.4 is 21.3 Å². The van der Waals surface area contributed by atoms with Gasteiger partial charge < -0.3 is 21.3 Å². The van der Waals surface area contributed by atoms with Gasteiger partial charge in [0.25, 0.3) is 0 Å². The Balaban J connectivity index is 2.01. The number of nitrogens with one attached hydrogen (secondary N) is 4. The van der Waals surface area contributed by atoms with Crippen LogP contribution in [0, 0.1) is 0 Å². The zero-order valence-electron chi connectivity index (χ0n) is 13.6. The largest absolute Gasteiger partial charge is 0.388 e. The average molecular weight is 298 g/mol. The van der Waals surface area contributed by atoms with Gasteiger partial charge in [-0.15, -0.1) is 0 Å². The van der Waals surface area contributed by atoms with Gasteiger partial charge in [-0.25, -0.2) is 0 Å². The molecule has 0 spiro atoms. The molecule has 0 atom stereocenters. The van der Waals surface area contributed by atoms with E-state index in [2.05, 4.69) is 76.7 Å². The highest BCUT2D eigenvalue weighted by Gasteiger charge is 2.07. The highest BCUT2D eigenvalue weighted by Crippen LogP contribution is 2.18. The third kappa shape index (κ3) is 4.58. The summed E-state index contributed by atoms with van der Waals surface area (Å²) in [5.74, 6) is 0. The number of hydrogen-bond acceptors (Lipinski definition) is 4. The summed E-state index contributed by atoms with van der Waals surface area (Å²) >= 11 is 0. The summed E-state index contributed by atoms with van der Waals surface area (Å²) in [6.07, 6.45) is 2.39. The van der Waals surface area contributed by atoms with E-state index in [1.807, 2.05) is 14.1 Å². The molecule has 0 aliphatic rings. The summed E-state index contributed by atoms with van der Waals surface area (Å²) < 4.78 is 0. The maximum Gasteiger partial charge on any atom is 0.0963 e. The number of anilines is 4. The van der Waals surface area contributed by atoms with E-state index in [0.717, 1.165) is 35.6 Å². The van der Waals surface area contributed by atoms with Crippen LogP contribution in [0.2, 0.25) is 0 Å². The van der Waals surface area contributed by atoms with Gasteiger partial charge in [-0.1, -0.05) is 13.3 Å². The molecule has 0 fully saturated rings. The van der Waals surface area contributed by atoms with E-state index in [-0.39, 0.29) is 6.17 Å². The Morgan fingerprint density at radius 1 is 0.682 bits per heavy atom. The van der Waals surface area contributed by atoms with Crippen molar-refractivity contribution in [1.82, 2.24) is 0 Å². The lowest BCUT2D eigenvalue weighted by Gasteiger charge is -2.22. The smallest absolute Gasteiger partial charge is 0.0963 e. The van der Waals surface area contributed by atoms with Gasteiger partial charge in [-0.3, -0.25) is 0 Å². The van der Waals surface area contributed by atoms with Crippen LogP contribution in [-0.4, -0.2) is 20.3 Å². The second kappa shape index (κ2) is 8.17. The van der Waals surface area contributed by atoms with Crippen LogP contribution in [0.15, 0.2) is 48.5 Å². The van der Waals surface area contributed by atoms with Crippen molar-refractivity contribution in [3.05, 3.63) is 48.5 Å². The average Bonchev–Trinajstić information content (AvgIpc) is 2.56. The van der Waals surface area contributed by atoms with Crippen molar-refractivity contribution >= 4 is 22.7 Å². The molecule has 2 aromatic carbocycles. The first-order chi connectivity index (χ1) is 10.7. The maximum absolute atomic E-state index is 3.55. The van der Waals surface area contributed by atoms with Crippen molar-refractivity contribution in [2.24, 2.45) is 0 Å². The van der Waals surface area contributed by atoms with Gasteiger partial charge in [0.2, 0.25) is 0 Å². The maximum atomic E-state index is 3.55. The van der Waals surface area contributed by atoms with E-state index in [9.17, 15) is 0 Å². The number of hydrogen-bond donors (Lipinski definition) is 4. The van der Waals surface area contributed by atoms with Crippen molar-refractivity contribution in [2.45, 2.75) is 25.9 Å². The van der Waals surface area contributed by atoms with Crippen molar-refractivity contribution in [2.75, 3.05) is 35.4 Å². The predicted molar refractivity (Wildman–Crippen MR) is 97.9 cm³/mol. The van der Waals surface area contributed by atoms with Crippen molar-refractivity contribution in [3.63, 3.8) is 0 Å². The summed E-state index contributed by atoms with van der Waals surface area (Å²) in [6, 6.07) is 16.7. The van der Waals surface area contributed by atoms with Crippen LogP contribution in [0.5, 0.6) is 0 Å². The Hall–Kier alpha value is -2.36. The molecule has 4 nitrogen and oxygen atoms in total. The van der Waals surface area contributed by atoms with E-state index in [0.29, 0.717) is 0 Å². The Morgan fingerprint density at radius 2 is 1.05 bits per heavy atom. The molecule has 0 saturated carbocycles. The summed E-state index contributed by atoms with van der Waals surface area (Å²) in [4.78, 5) is 0. The minimum Gasteiger partial charge on any atom is -0.388 e. The standard InChI is InChI=1S/C18H26N4/c1-4-5-18(21-16-10-6-14(19-2)7-11-16)22-17-12-8-15(20-3)9-13-17/h6-13,18-22H,4-5H2,1-3H3. The summed E-state index contributed by atoms with van der Waals surface area (Å²) in [5.41, 5.74) is 4.48. The van der Waals surface area contributed by atoms with Crippen LogP contribution in [0.1, 0.15) is 19.8 Å². The molecule has 0 aliphatic heterocycles. The van der Waals surface area contributed by atoms with Crippen molar-refractivity contribution in [3.8, 4) is 0 Å². The molecule has 0 unspecified atom stereocenters. The summed E-state index contributed by atoms with van der Waals surface area (Å²) in [5, 5.41) is 13.4. The molecule has 118 valence electrons. The van der Waals surface area contributed by atoms with E-state index >= 15 is 0 Å². The molecule has 0 radical (unpaired) electrons. The van der Waals surface area contributed by atoms with Crippen molar-refractivity contribution in [1.29, 1.82) is 0 Å². The van der Waals surface area contributed by atoms with E-state index in [1.165, 1.54) is 0 Å². The van der Waals surface area contributed by atoms with Gasteiger partial charge in [-0.05, 0) is 55.0 Å². The van der Waals surface area contributed by atoms with Gasteiger partial charge in [0.1, 0.15) is 0 Å². The van der Waals surface area contributed by atoms with Gasteiger partial charge >= 0.3 is 0 Å². The molecule has 0 heterocycles. The molecule has 0 aromatic heterocycles. The molecule has 0 bridgehead atoms. The van der Waals surface area contributed by atoms with Crippen LogP contribution in [0.25, 0.3) is 0 Å². The summed E-state index contributed by atoms with van der Waals surface area (Å²) in [6.45, 7) is 2.20. The zero-order valence-corrected chi connectivity index (χ0v) is 13.6. The minimum atomic E-state index is 0.214. The fraction of sp³-hybridized carbons (Fsp3) is 0.333. The van der Waals surface area contributed by atoms with Gasteiger partial charge in [0.15, 0.2) is 0 Å². The van der Waals surface area contributed by atoms with Crippen LogP contribution in [-0.2, 0) is 0 Å². The normalized spacial score (nSPS) is 10.4. The fourth-order valence-electron chi connectivity index (χ4n) is 2.34. The molecule has 0 saturated heterocycles. The van der Waals surface area contributed by atoms with E-state index < -0.39 is 0 Å². The van der Waals surface area contributed by atoms with Crippen LogP contribution in [0.3, 0.4) is 0 Å². The lowest BCUT2D eigenvalue weighted by Crippen LogP contribution is -2.28. The first-order valence-electron chi connectivity index (χ1n) is 7.84. The minimum absolute atomic E-state index is 0.214. The van der Waals surface area contributed by atoms with E-state index in [4.69, 9.17) is 0 Å². The van der Waals surface area contributed by atoms with Gasteiger partial charge in [-0.2, -0.15) is 0 Å². The number of benzene rings is 2. The summed E-state index contributed by atoms with van der Waals surface area (Å²) in [7, 11) is 3.86. The SMILES string of the molecule is CCCC(Nc1ccc(NC)cc1)Nc1ccc(NC)cc1. The Bertz CT molecular complexity index is 499. The molecule has 2 aromatic rings. The van der Waals surface area contributed by atoms with Crippen molar-refractivity contribution < 1.29 is 0 Å². The van der Waals surface area contributed by atoms with Gasteiger partial charge in [0, 0.05) is 36.8 Å². The van der Waals surface area contributed by atoms with Gasteiger partial charge in [0.05, 0.1) is 6.17 Å². The Labute approximate surface area is 133 Å². The van der Waals surface area contributed by atoms with Crippen LogP contribution >= 0.6 is 0 Å². The molecule has 4 N–H and O–H groups in total. The monoisotopic (exact) mass is 298 g/mol. The highest BCUT2D eigenvalue weighted by molar-refractivity contribution is 5.57. The first kappa shape index (κ1) is 16.0. The van der Waals surface area contributed by atoms with Crippen LogP contribution in [0.4, 0.5) is 22.7 Å². The fourth-order valence-corrected chi connectivity index (χ4v) is 2.34. The highest BCUT2D eigenvalue weighted by atomic mass is 15.1. The zero-order chi connectivity index (χ0) is 15.8.